The van der Waals surface area contributed by atoms with E-state index in [9.17, 15) is 4.79 Å². The Labute approximate surface area is 109 Å². The molecule has 0 spiro atoms. The van der Waals surface area contributed by atoms with Gasteiger partial charge in [0.25, 0.3) is 0 Å². The molecule has 0 aromatic carbocycles. The number of nitrogens with zero attached hydrogens (tertiary/aromatic N) is 4. The Balaban J connectivity index is 2.01. The van der Waals surface area contributed by atoms with Gasteiger partial charge in [-0.15, -0.1) is 5.10 Å². The van der Waals surface area contributed by atoms with Crippen molar-refractivity contribution in [3.63, 3.8) is 0 Å². The molecule has 2 N–H and O–H groups in total. The van der Waals surface area contributed by atoms with Gasteiger partial charge < -0.3 is 5.73 Å². The quantitative estimate of drug-likeness (QED) is 0.734. The number of nitrogens with two attached hydrogens (primary N) is 1. The van der Waals surface area contributed by atoms with Gasteiger partial charge in [-0.1, -0.05) is 6.07 Å². The van der Waals surface area contributed by atoms with E-state index in [0.717, 1.165) is 11.3 Å². The van der Waals surface area contributed by atoms with E-state index in [1.165, 1.54) is 9.08 Å². The molecule has 3 rings (SSSR count). The van der Waals surface area contributed by atoms with Gasteiger partial charge >= 0.3 is 5.69 Å². The molecule has 0 amide bonds. The van der Waals surface area contributed by atoms with Crippen LogP contribution >= 0.6 is 0 Å². The molecule has 0 fully saturated rings. The summed E-state index contributed by atoms with van der Waals surface area (Å²) in [6, 6.07) is 9.20. The average molecular weight is 255 g/mol. The zero-order valence-corrected chi connectivity index (χ0v) is 10.2. The second-order valence-corrected chi connectivity index (χ2v) is 4.23. The summed E-state index contributed by atoms with van der Waals surface area (Å²) in [6.07, 6.45) is 3.40. The van der Waals surface area contributed by atoms with Crippen molar-refractivity contribution in [2.45, 2.75) is 13.1 Å². The lowest BCUT2D eigenvalue weighted by molar-refractivity contribution is 0.657. The molecule has 0 radical (unpaired) electrons. The van der Waals surface area contributed by atoms with Crippen molar-refractivity contribution in [3.05, 3.63) is 64.5 Å². The Morgan fingerprint density at radius 2 is 2.16 bits per heavy atom. The lowest BCUT2D eigenvalue weighted by Gasteiger charge is -2.02. The summed E-state index contributed by atoms with van der Waals surface area (Å²) < 4.78 is 2.95. The summed E-state index contributed by atoms with van der Waals surface area (Å²) in [5, 5.41) is 4.28. The monoisotopic (exact) mass is 255 g/mol. The maximum absolute atomic E-state index is 12.1. The number of pyridine rings is 2. The maximum atomic E-state index is 12.1. The van der Waals surface area contributed by atoms with Crippen LogP contribution in [0.25, 0.3) is 5.65 Å². The highest BCUT2D eigenvalue weighted by molar-refractivity contribution is 5.35. The summed E-state index contributed by atoms with van der Waals surface area (Å²) in [6.45, 7) is 0.796. The first-order valence-electron chi connectivity index (χ1n) is 5.96. The van der Waals surface area contributed by atoms with Crippen molar-refractivity contribution in [2.24, 2.45) is 5.73 Å². The van der Waals surface area contributed by atoms with Crippen LogP contribution in [0.1, 0.15) is 11.3 Å². The molecular formula is C13H13N5O. The molecule has 96 valence electrons. The fourth-order valence-corrected chi connectivity index (χ4v) is 1.98. The van der Waals surface area contributed by atoms with Crippen LogP contribution in [0, 0.1) is 0 Å². The standard InChI is InChI=1S/C13H13N5O/c14-8-11-7-10(4-5-15-11)9-18-13(19)17-6-2-1-3-12(17)16-18/h1-7H,8-9,14H2. The molecule has 3 aromatic rings. The molecule has 0 bridgehead atoms. The smallest absolute Gasteiger partial charge is 0.325 e. The SMILES string of the molecule is NCc1cc(Cn2nc3ccccn3c2=O)ccn1. The first-order valence-corrected chi connectivity index (χ1v) is 5.96. The number of hydrogen-bond donors (Lipinski definition) is 1. The normalized spacial score (nSPS) is 11.0. The van der Waals surface area contributed by atoms with Gasteiger partial charge in [-0.05, 0) is 29.8 Å². The third-order valence-corrected chi connectivity index (χ3v) is 2.91. The van der Waals surface area contributed by atoms with E-state index in [0.29, 0.717) is 18.7 Å². The highest BCUT2D eigenvalue weighted by Crippen LogP contribution is 2.03. The zero-order valence-electron chi connectivity index (χ0n) is 10.2. The van der Waals surface area contributed by atoms with E-state index in [2.05, 4.69) is 10.1 Å². The van der Waals surface area contributed by atoms with E-state index in [1.807, 2.05) is 18.2 Å². The van der Waals surface area contributed by atoms with Crippen LogP contribution in [0.4, 0.5) is 0 Å². The fraction of sp³-hybridized carbons (Fsp3) is 0.154. The molecule has 3 aromatic heterocycles. The van der Waals surface area contributed by atoms with E-state index in [4.69, 9.17) is 5.73 Å². The van der Waals surface area contributed by atoms with E-state index in [-0.39, 0.29) is 5.69 Å². The Kier molecular flexibility index (Phi) is 2.85. The lowest BCUT2D eigenvalue weighted by Crippen LogP contribution is -2.21. The fourth-order valence-electron chi connectivity index (χ4n) is 1.98. The molecule has 6 nitrogen and oxygen atoms in total. The number of fused-ring (bicyclic) bond motifs is 1. The summed E-state index contributed by atoms with van der Waals surface area (Å²) in [5.74, 6) is 0. The summed E-state index contributed by atoms with van der Waals surface area (Å²) >= 11 is 0. The van der Waals surface area contributed by atoms with Crippen molar-refractivity contribution in [1.82, 2.24) is 19.2 Å². The zero-order chi connectivity index (χ0) is 13.2. The highest BCUT2D eigenvalue weighted by Gasteiger charge is 2.06. The van der Waals surface area contributed by atoms with E-state index < -0.39 is 0 Å². The molecule has 0 saturated heterocycles. The lowest BCUT2D eigenvalue weighted by atomic mass is 10.2. The second kappa shape index (κ2) is 4.66. The number of rotatable bonds is 3. The van der Waals surface area contributed by atoms with Crippen molar-refractivity contribution >= 4 is 5.65 Å². The Morgan fingerprint density at radius 3 is 2.95 bits per heavy atom. The average Bonchev–Trinajstić information content (AvgIpc) is 2.76. The topological polar surface area (TPSA) is 78.2 Å². The maximum Gasteiger partial charge on any atom is 0.350 e. The van der Waals surface area contributed by atoms with E-state index >= 15 is 0 Å². The van der Waals surface area contributed by atoms with Gasteiger partial charge in [-0.2, -0.15) is 0 Å². The Morgan fingerprint density at radius 1 is 1.26 bits per heavy atom. The Hall–Kier alpha value is -2.47. The van der Waals surface area contributed by atoms with Crippen molar-refractivity contribution in [2.75, 3.05) is 0 Å². The van der Waals surface area contributed by atoms with Gasteiger partial charge in [0.05, 0.1) is 12.2 Å². The van der Waals surface area contributed by atoms with Crippen LogP contribution in [-0.4, -0.2) is 19.2 Å². The second-order valence-electron chi connectivity index (χ2n) is 4.23. The molecule has 3 heterocycles. The first-order chi connectivity index (χ1) is 9.28. The van der Waals surface area contributed by atoms with Crippen LogP contribution in [0.5, 0.6) is 0 Å². The molecule has 0 saturated carbocycles. The van der Waals surface area contributed by atoms with Crippen LogP contribution in [0.3, 0.4) is 0 Å². The highest BCUT2D eigenvalue weighted by atomic mass is 16.2. The molecule has 0 atom stereocenters. The Bertz CT molecular complexity index is 774. The van der Waals surface area contributed by atoms with Crippen LogP contribution in [0.15, 0.2) is 47.5 Å². The largest absolute Gasteiger partial charge is 0.350 e. The van der Waals surface area contributed by atoms with Gasteiger partial charge in [0.1, 0.15) is 0 Å². The minimum atomic E-state index is -0.151. The van der Waals surface area contributed by atoms with Gasteiger partial charge in [-0.3, -0.25) is 9.38 Å². The number of aromatic nitrogens is 4. The van der Waals surface area contributed by atoms with Gasteiger partial charge in [0.2, 0.25) is 0 Å². The number of hydrogen-bond acceptors (Lipinski definition) is 4. The van der Waals surface area contributed by atoms with Gasteiger partial charge in [0.15, 0.2) is 5.65 Å². The molecule has 19 heavy (non-hydrogen) atoms. The minimum Gasteiger partial charge on any atom is -0.325 e. The van der Waals surface area contributed by atoms with E-state index in [1.54, 1.807) is 24.5 Å². The van der Waals surface area contributed by atoms with Gasteiger partial charge in [-0.25, -0.2) is 9.48 Å². The van der Waals surface area contributed by atoms with Crippen molar-refractivity contribution < 1.29 is 0 Å². The molecular weight excluding hydrogens is 242 g/mol. The first kappa shape index (κ1) is 11.6. The third-order valence-electron chi connectivity index (χ3n) is 2.91. The van der Waals surface area contributed by atoms with Crippen LogP contribution < -0.4 is 11.4 Å². The molecule has 0 aliphatic rings. The predicted octanol–water partition coefficient (Wildman–Crippen LogP) is 0.398. The summed E-state index contributed by atoms with van der Waals surface area (Å²) in [5.41, 5.74) is 7.80. The molecule has 6 heteroatoms. The molecule has 0 aliphatic carbocycles. The summed E-state index contributed by atoms with van der Waals surface area (Å²) in [4.78, 5) is 16.2. The predicted molar refractivity (Wildman–Crippen MR) is 70.7 cm³/mol. The molecule has 0 unspecified atom stereocenters. The van der Waals surface area contributed by atoms with Crippen molar-refractivity contribution in [1.29, 1.82) is 0 Å². The molecule has 0 aliphatic heterocycles. The van der Waals surface area contributed by atoms with Crippen LogP contribution in [-0.2, 0) is 13.1 Å². The van der Waals surface area contributed by atoms with Crippen LogP contribution in [0.2, 0.25) is 0 Å². The third kappa shape index (κ3) is 2.13. The van der Waals surface area contributed by atoms with Gasteiger partial charge in [0, 0.05) is 18.9 Å². The summed E-state index contributed by atoms with van der Waals surface area (Å²) in [7, 11) is 0. The minimum absolute atomic E-state index is 0.151. The van der Waals surface area contributed by atoms with Crippen molar-refractivity contribution in [3.8, 4) is 0 Å².